The number of carbonyl (C=O) groups is 2. The molecular formula is C12H16N2O3S. The zero-order valence-corrected chi connectivity index (χ0v) is 11.1. The number of nitrogens with zero attached hydrogens (tertiary/aromatic N) is 2. The number of carboxylic acids is 1. The molecule has 1 saturated heterocycles. The van der Waals surface area contributed by atoms with Crippen molar-refractivity contribution in [3.63, 3.8) is 0 Å². The highest BCUT2D eigenvalue weighted by Gasteiger charge is 2.24. The molecule has 0 aliphatic carbocycles. The van der Waals surface area contributed by atoms with Gasteiger partial charge in [-0.05, 0) is 23.9 Å². The van der Waals surface area contributed by atoms with E-state index in [0.717, 1.165) is 10.4 Å². The van der Waals surface area contributed by atoms with Gasteiger partial charge < -0.3 is 10.0 Å². The van der Waals surface area contributed by atoms with Crippen LogP contribution in [-0.2, 0) is 4.79 Å². The number of hydrogen-bond acceptors (Lipinski definition) is 4. The van der Waals surface area contributed by atoms with Crippen LogP contribution in [0.25, 0.3) is 0 Å². The molecule has 5 nitrogen and oxygen atoms in total. The van der Waals surface area contributed by atoms with Gasteiger partial charge in [0.2, 0.25) is 0 Å². The van der Waals surface area contributed by atoms with Gasteiger partial charge in [-0.1, -0.05) is 0 Å². The summed E-state index contributed by atoms with van der Waals surface area (Å²) in [4.78, 5) is 27.3. The Morgan fingerprint density at radius 2 is 2.00 bits per heavy atom. The molecule has 1 aromatic heterocycles. The summed E-state index contributed by atoms with van der Waals surface area (Å²) in [5.41, 5.74) is 1.01. The number of piperazine rings is 1. The maximum Gasteiger partial charge on any atom is 0.317 e. The summed E-state index contributed by atoms with van der Waals surface area (Å²) < 4.78 is 0. The lowest BCUT2D eigenvalue weighted by atomic mass is 10.2. The van der Waals surface area contributed by atoms with Crippen molar-refractivity contribution in [2.45, 2.75) is 6.92 Å². The molecule has 1 fully saturated rings. The van der Waals surface area contributed by atoms with Crippen molar-refractivity contribution in [2.75, 3.05) is 32.7 Å². The third-order valence-electron chi connectivity index (χ3n) is 3.07. The summed E-state index contributed by atoms with van der Waals surface area (Å²) in [6.07, 6.45) is 0. The highest BCUT2D eigenvalue weighted by Crippen LogP contribution is 2.18. The molecular weight excluding hydrogens is 252 g/mol. The van der Waals surface area contributed by atoms with Crippen molar-refractivity contribution in [2.24, 2.45) is 0 Å². The van der Waals surface area contributed by atoms with Crippen LogP contribution in [0.4, 0.5) is 0 Å². The molecule has 18 heavy (non-hydrogen) atoms. The molecule has 0 aromatic carbocycles. The van der Waals surface area contributed by atoms with Gasteiger partial charge in [-0.25, -0.2) is 0 Å². The number of amides is 1. The van der Waals surface area contributed by atoms with Gasteiger partial charge in [0, 0.05) is 26.2 Å². The van der Waals surface area contributed by atoms with Crippen molar-refractivity contribution in [3.8, 4) is 0 Å². The Labute approximate surface area is 110 Å². The molecule has 1 aliphatic heterocycles. The molecule has 0 spiro atoms. The van der Waals surface area contributed by atoms with Crippen LogP contribution in [0.2, 0.25) is 0 Å². The van der Waals surface area contributed by atoms with Crippen molar-refractivity contribution in [1.82, 2.24) is 9.80 Å². The van der Waals surface area contributed by atoms with E-state index in [1.807, 2.05) is 23.3 Å². The maximum atomic E-state index is 12.2. The fourth-order valence-corrected chi connectivity index (χ4v) is 2.93. The van der Waals surface area contributed by atoms with Gasteiger partial charge in [-0.3, -0.25) is 14.5 Å². The first-order chi connectivity index (χ1) is 8.58. The molecule has 0 atom stereocenters. The minimum Gasteiger partial charge on any atom is -0.480 e. The average molecular weight is 268 g/mol. The van der Waals surface area contributed by atoms with E-state index in [2.05, 4.69) is 0 Å². The summed E-state index contributed by atoms with van der Waals surface area (Å²) in [5, 5.41) is 10.6. The van der Waals surface area contributed by atoms with Crippen LogP contribution in [0.5, 0.6) is 0 Å². The van der Waals surface area contributed by atoms with Crippen LogP contribution >= 0.6 is 11.3 Å². The number of carboxylic acid groups (broad SMARTS) is 1. The van der Waals surface area contributed by atoms with Crippen molar-refractivity contribution in [3.05, 3.63) is 21.9 Å². The van der Waals surface area contributed by atoms with Crippen LogP contribution in [0.1, 0.15) is 15.2 Å². The summed E-state index contributed by atoms with van der Waals surface area (Å²) in [7, 11) is 0. The van der Waals surface area contributed by atoms with Crippen LogP contribution in [0.3, 0.4) is 0 Å². The van der Waals surface area contributed by atoms with E-state index in [9.17, 15) is 9.59 Å². The smallest absolute Gasteiger partial charge is 0.317 e. The highest BCUT2D eigenvalue weighted by atomic mass is 32.1. The van der Waals surface area contributed by atoms with Gasteiger partial charge in [0.15, 0.2) is 0 Å². The van der Waals surface area contributed by atoms with E-state index >= 15 is 0 Å². The Bertz CT molecular complexity index is 450. The van der Waals surface area contributed by atoms with Crippen molar-refractivity contribution >= 4 is 23.2 Å². The number of aryl methyl sites for hydroxylation is 1. The first kappa shape index (κ1) is 13.0. The molecule has 0 unspecified atom stereocenters. The van der Waals surface area contributed by atoms with Gasteiger partial charge in [0.1, 0.15) is 0 Å². The minimum absolute atomic E-state index is 0.0556. The average Bonchev–Trinajstić information content (AvgIpc) is 2.75. The lowest BCUT2D eigenvalue weighted by molar-refractivity contribution is -0.138. The standard InChI is InChI=1S/C12H16N2O3S/c1-9-2-7-18-11(9)12(17)14-5-3-13(4-6-14)8-10(15)16/h2,7H,3-6,8H2,1H3,(H,15,16). The third kappa shape index (κ3) is 2.88. The molecule has 98 valence electrons. The van der Waals surface area contributed by atoms with E-state index in [4.69, 9.17) is 5.11 Å². The van der Waals surface area contributed by atoms with Gasteiger partial charge in [0.25, 0.3) is 5.91 Å². The van der Waals surface area contributed by atoms with Crippen LogP contribution in [-0.4, -0.2) is 59.5 Å². The van der Waals surface area contributed by atoms with Crippen LogP contribution in [0.15, 0.2) is 11.4 Å². The minimum atomic E-state index is -0.816. The van der Waals surface area contributed by atoms with Gasteiger partial charge in [-0.15, -0.1) is 11.3 Å². The Balaban J connectivity index is 1.92. The van der Waals surface area contributed by atoms with Crippen LogP contribution in [0, 0.1) is 6.92 Å². The first-order valence-corrected chi connectivity index (χ1v) is 6.73. The molecule has 1 aromatic rings. The molecule has 0 bridgehead atoms. The summed E-state index contributed by atoms with van der Waals surface area (Å²) in [6.45, 7) is 4.45. The van der Waals surface area contributed by atoms with Crippen molar-refractivity contribution < 1.29 is 14.7 Å². The second kappa shape index (κ2) is 5.49. The predicted octanol–water partition coefficient (Wildman–Crippen LogP) is 0.899. The molecule has 2 heterocycles. The van der Waals surface area contributed by atoms with E-state index in [-0.39, 0.29) is 12.5 Å². The second-order valence-electron chi connectivity index (χ2n) is 4.39. The topological polar surface area (TPSA) is 60.9 Å². The number of carbonyl (C=O) groups excluding carboxylic acids is 1. The molecule has 2 rings (SSSR count). The predicted molar refractivity (Wildman–Crippen MR) is 69.0 cm³/mol. The van der Waals surface area contributed by atoms with Crippen molar-refractivity contribution in [1.29, 1.82) is 0 Å². The Hall–Kier alpha value is -1.40. The molecule has 1 amide bonds. The zero-order valence-electron chi connectivity index (χ0n) is 10.3. The molecule has 1 N–H and O–H groups in total. The maximum absolute atomic E-state index is 12.2. The van der Waals surface area contributed by atoms with E-state index < -0.39 is 5.97 Å². The van der Waals surface area contributed by atoms with Gasteiger partial charge >= 0.3 is 5.97 Å². The van der Waals surface area contributed by atoms with E-state index in [1.54, 1.807) is 4.90 Å². The summed E-state index contributed by atoms with van der Waals surface area (Å²) in [5.74, 6) is -0.749. The Kier molecular flexibility index (Phi) is 3.98. The van der Waals surface area contributed by atoms with Gasteiger partial charge in [-0.2, -0.15) is 0 Å². The Morgan fingerprint density at radius 3 is 2.50 bits per heavy atom. The monoisotopic (exact) mass is 268 g/mol. The number of aliphatic carboxylic acids is 1. The first-order valence-electron chi connectivity index (χ1n) is 5.85. The largest absolute Gasteiger partial charge is 0.480 e. The molecule has 0 saturated carbocycles. The second-order valence-corrected chi connectivity index (χ2v) is 5.31. The SMILES string of the molecule is Cc1ccsc1C(=O)N1CCN(CC(=O)O)CC1. The van der Waals surface area contributed by atoms with Crippen LogP contribution < -0.4 is 0 Å². The molecule has 0 radical (unpaired) electrons. The summed E-state index contributed by atoms with van der Waals surface area (Å²) in [6, 6.07) is 1.94. The Morgan fingerprint density at radius 1 is 1.33 bits per heavy atom. The highest BCUT2D eigenvalue weighted by molar-refractivity contribution is 7.12. The summed E-state index contributed by atoms with van der Waals surface area (Å²) >= 11 is 1.46. The fourth-order valence-electron chi connectivity index (χ4n) is 2.04. The lowest BCUT2D eigenvalue weighted by Gasteiger charge is -2.33. The van der Waals surface area contributed by atoms with Gasteiger partial charge in [0.05, 0.1) is 11.4 Å². The van der Waals surface area contributed by atoms with E-state index in [1.165, 1.54) is 11.3 Å². The van der Waals surface area contributed by atoms with E-state index in [0.29, 0.717) is 26.2 Å². The normalized spacial score (nSPS) is 16.8. The fraction of sp³-hybridized carbons (Fsp3) is 0.500. The molecule has 1 aliphatic rings. The number of rotatable bonds is 3. The quantitative estimate of drug-likeness (QED) is 0.884. The third-order valence-corrected chi connectivity index (χ3v) is 4.08. The molecule has 6 heteroatoms. The lowest BCUT2D eigenvalue weighted by Crippen LogP contribution is -2.49. The number of hydrogen-bond donors (Lipinski definition) is 1. The number of thiophene rings is 1. The zero-order chi connectivity index (χ0) is 13.1.